The minimum absolute atomic E-state index is 0.0399. The number of carboxylic acid groups (broad SMARTS) is 1. The monoisotopic (exact) mass is 294 g/mol. The van der Waals surface area contributed by atoms with Gasteiger partial charge in [-0.25, -0.2) is 4.79 Å². The van der Waals surface area contributed by atoms with Crippen LogP contribution in [0, 0.1) is 10.1 Å². The molecular formula is C14H18N2O5. The molecule has 1 aliphatic rings. The van der Waals surface area contributed by atoms with Crippen molar-refractivity contribution in [2.75, 3.05) is 24.6 Å². The Kier molecular flexibility index (Phi) is 4.74. The molecule has 2 rings (SSSR count). The van der Waals surface area contributed by atoms with Crippen LogP contribution in [0.15, 0.2) is 18.2 Å². The smallest absolute Gasteiger partial charge is 0.342 e. The first kappa shape index (κ1) is 15.2. The predicted molar refractivity (Wildman–Crippen MR) is 76.9 cm³/mol. The van der Waals surface area contributed by atoms with E-state index in [-0.39, 0.29) is 17.4 Å². The number of ether oxygens (including phenoxy) is 1. The Labute approximate surface area is 122 Å². The topological polar surface area (TPSA) is 92.9 Å². The van der Waals surface area contributed by atoms with Gasteiger partial charge in [-0.3, -0.25) is 10.1 Å². The van der Waals surface area contributed by atoms with Crippen molar-refractivity contribution in [2.45, 2.75) is 25.9 Å². The number of nitrogens with zero attached hydrogens (tertiary/aromatic N) is 2. The molecule has 0 saturated carbocycles. The summed E-state index contributed by atoms with van der Waals surface area (Å²) in [6.45, 7) is 3.66. The van der Waals surface area contributed by atoms with E-state index in [9.17, 15) is 14.9 Å². The molecule has 0 aliphatic carbocycles. The summed E-state index contributed by atoms with van der Waals surface area (Å²) >= 11 is 0. The number of rotatable bonds is 6. The summed E-state index contributed by atoms with van der Waals surface area (Å²) in [6.07, 6.45) is 1.95. The van der Waals surface area contributed by atoms with E-state index in [0.29, 0.717) is 25.4 Å². The Morgan fingerprint density at radius 2 is 2.33 bits per heavy atom. The number of nitro groups is 1. The van der Waals surface area contributed by atoms with Crippen LogP contribution in [-0.4, -0.2) is 41.8 Å². The number of aromatic carboxylic acids is 1. The lowest BCUT2D eigenvalue weighted by molar-refractivity contribution is -0.384. The zero-order valence-corrected chi connectivity index (χ0v) is 11.8. The number of likely N-dealkylation sites (N-methyl/N-ethyl adjacent to an activating group) is 1. The lowest BCUT2D eigenvalue weighted by Gasteiger charge is -2.26. The van der Waals surface area contributed by atoms with E-state index in [1.54, 1.807) is 11.0 Å². The van der Waals surface area contributed by atoms with Gasteiger partial charge in [0.2, 0.25) is 0 Å². The third-order valence-electron chi connectivity index (χ3n) is 3.60. The second-order valence-corrected chi connectivity index (χ2v) is 4.91. The van der Waals surface area contributed by atoms with Crippen molar-refractivity contribution >= 4 is 17.3 Å². The van der Waals surface area contributed by atoms with Crippen LogP contribution >= 0.6 is 0 Å². The molecule has 0 radical (unpaired) electrons. The molecule has 1 heterocycles. The molecule has 0 aromatic heterocycles. The minimum atomic E-state index is -1.29. The Balaban J connectivity index is 2.37. The SMILES string of the molecule is CCN(CC1CCCO1)c1cccc(C(=O)O)c1[N+](=O)[O-]. The van der Waals surface area contributed by atoms with E-state index in [1.807, 2.05) is 6.92 Å². The number of carbonyl (C=O) groups is 1. The fraction of sp³-hybridized carbons (Fsp3) is 0.500. The quantitative estimate of drug-likeness (QED) is 0.639. The molecule has 7 heteroatoms. The van der Waals surface area contributed by atoms with E-state index < -0.39 is 10.9 Å². The van der Waals surface area contributed by atoms with Crippen LogP contribution in [0.2, 0.25) is 0 Å². The maximum Gasteiger partial charge on any atom is 0.342 e. The van der Waals surface area contributed by atoms with Crippen molar-refractivity contribution in [3.05, 3.63) is 33.9 Å². The first-order chi connectivity index (χ1) is 10.0. The number of hydrogen-bond donors (Lipinski definition) is 1. The summed E-state index contributed by atoms with van der Waals surface area (Å²) in [5.74, 6) is -1.29. The number of benzene rings is 1. The fourth-order valence-electron chi connectivity index (χ4n) is 2.58. The molecule has 1 N–H and O–H groups in total. The Morgan fingerprint density at radius 1 is 1.57 bits per heavy atom. The normalized spacial score (nSPS) is 17.7. The number of carboxylic acids is 1. The second kappa shape index (κ2) is 6.53. The van der Waals surface area contributed by atoms with Crippen LogP contribution in [0.4, 0.5) is 11.4 Å². The lowest BCUT2D eigenvalue weighted by atomic mass is 10.1. The second-order valence-electron chi connectivity index (χ2n) is 4.91. The third-order valence-corrected chi connectivity index (χ3v) is 3.60. The van der Waals surface area contributed by atoms with E-state index >= 15 is 0 Å². The molecule has 1 aromatic rings. The van der Waals surface area contributed by atoms with Gasteiger partial charge in [-0.15, -0.1) is 0 Å². The van der Waals surface area contributed by atoms with Crippen LogP contribution in [0.25, 0.3) is 0 Å². The summed E-state index contributed by atoms with van der Waals surface area (Å²) < 4.78 is 5.56. The summed E-state index contributed by atoms with van der Waals surface area (Å²) in [5.41, 5.74) is -0.314. The largest absolute Gasteiger partial charge is 0.477 e. The standard InChI is InChI=1S/C14H18N2O5/c1-2-15(9-10-5-4-8-21-10)12-7-3-6-11(14(17)18)13(12)16(19)20/h3,6-7,10H,2,4-5,8-9H2,1H3,(H,17,18). The average Bonchev–Trinajstić information content (AvgIpc) is 2.96. The van der Waals surface area contributed by atoms with Gasteiger partial charge in [0.1, 0.15) is 11.3 Å². The van der Waals surface area contributed by atoms with Crippen molar-refractivity contribution in [1.82, 2.24) is 0 Å². The van der Waals surface area contributed by atoms with Gasteiger partial charge < -0.3 is 14.7 Å². The highest BCUT2D eigenvalue weighted by molar-refractivity contribution is 5.95. The third kappa shape index (κ3) is 3.30. The highest BCUT2D eigenvalue weighted by Crippen LogP contribution is 2.32. The number of hydrogen-bond acceptors (Lipinski definition) is 5. The van der Waals surface area contributed by atoms with Gasteiger partial charge in [-0.2, -0.15) is 0 Å². The molecule has 0 spiro atoms. The Bertz CT molecular complexity index is 540. The van der Waals surface area contributed by atoms with Gasteiger partial charge in [-0.1, -0.05) is 6.07 Å². The molecule has 1 aromatic carbocycles. The van der Waals surface area contributed by atoms with Gasteiger partial charge in [0.25, 0.3) is 0 Å². The molecule has 1 atom stereocenters. The average molecular weight is 294 g/mol. The molecule has 21 heavy (non-hydrogen) atoms. The van der Waals surface area contributed by atoms with E-state index in [0.717, 1.165) is 12.8 Å². The number of para-hydroxylation sites is 1. The van der Waals surface area contributed by atoms with Crippen molar-refractivity contribution in [1.29, 1.82) is 0 Å². The van der Waals surface area contributed by atoms with Crippen LogP contribution in [-0.2, 0) is 4.74 Å². The van der Waals surface area contributed by atoms with Crippen LogP contribution in [0.3, 0.4) is 0 Å². The Morgan fingerprint density at radius 3 is 2.86 bits per heavy atom. The first-order valence-electron chi connectivity index (χ1n) is 6.91. The zero-order chi connectivity index (χ0) is 15.4. The molecule has 114 valence electrons. The molecule has 1 saturated heterocycles. The van der Waals surface area contributed by atoms with Crippen LogP contribution in [0.1, 0.15) is 30.1 Å². The highest BCUT2D eigenvalue weighted by Gasteiger charge is 2.28. The van der Waals surface area contributed by atoms with Crippen molar-refractivity contribution in [2.24, 2.45) is 0 Å². The molecule has 0 amide bonds. The minimum Gasteiger partial charge on any atom is -0.477 e. The summed E-state index contributed by atoms with van der Waals surface area (Å²) in [6, 6.07) is 4.37. The number of anilines is 1. The molecular weight excluding hydrogens is 276 g/mol. The molecule has 1 aliphatic heterocycles. The summed E-state index contributed by atoms with van der Waals surface area (Å²) in [4.78, 5) is 23.7. The van der Waals surface area contributed by atoms with Crippen molar-refractivity contribution < 1.29 is 19.6 Å². The molecule has 1 unspecified atom stereocenters. The van der Waals surface area contributed by atoms with Gasteiger partial charge in [0, 0.05) is 19.7 Å². The maximum atomic E-state index is 11.3. The van der Waals surface area contributed by atoms with E-state index in [2.05, 4.69) is 0 Å². The van der Waals surface area contributed by atoms with Crippen LogP contribution < -0.4 is 4.90 Å². The maximum absolute atomic E-state index is 11.3. The van der Waals surface area contributed by atoms with Gasteiger partial charge in [0.05, 0.1) is 11.0 Å². The lowest BCUT2D eigenvalue weighted by Crippen LogP contribution is -2.32. The number of nitro benzene ring substituents is 1. The van der Waals surface area contributed by atoms with Crippen molar-refractivity contribution in [3.63, 3.8) is 0 Å². The van der Waals surface area contributed by atoms with Gasteiger partial charge in [-0.05, 0) is 31.9 Å². The fourth-order valence-corrected chi connectivity index (χ4v) is 2.58. The summed E-state index contributed by atoms with van der Waals surface area (Å²) in [5, 5.41) is 20.4. The Hall–Kier alpha value is -2.15. The highest BCUT2D eigenvalue weighted by atomic mass is 16.6. The molecule has 1 fully saturated rings. The van der Waals surface area contributed by atoms with E-state index in [1.165, 1.54) is 12.1 Å². The molecule has 7 nitrogen and oxygen atoms in total. The van der Waals surface area contributed by atoms with Gasteiger partial charge in [0.15, 0.2) is 0 Å². The van der Waals surface area contributed by atoms with Crippen LogP contribution in [0.5, 0.6) is 0 Å². The predicted octanol–water partition coefficient (Wildman–Crippen LogP) is 2.30. The van der Waals surface area contributed by atoms with Crippen molar-refractivity contribution in [3.8, 4) is 0 Å². The zero-order valence-electron chi connectivity index (χ0n) is 11.8. The molecule has 0 bridgehead atoms. The van der Waals surface area contributed by atoms with E-state index in [4.69, 9.17) is 9.84 Å². The first-order valence-corrected chi connectivity index (χ1v) is 6.91. The summed E-state index contributed by atoms with van der Waals surface area (Å²) in [7, 11) is 0. The van der Waals surface area contributed by atoms with Gasteiger partial charge >= 0.3 is 11.7 Å².